The molecule has 0 saturated heterocycles. The van der Waals surface area contributed by atoms with Gasteiger partial charge in [-0.25, -0.2) is 4.90 Å². The molecule has 0 rings (SSSR count). The summed E-state index contributed by atoms with van der Waals surface area (Å²) in [6.45, 7) is 4.63. The van der Waals surface area contributed by atoms with E-state index in [0.29, 0.717) is 12.8 Å². The molecule has 0 aromatic carbocycles. The van der Waals surface area contributed by atoms with Crippen LogP contribution in [0.2, 0.25) is 0 Å². The average molecular weight is 669 g/mol. The van der Waals surface area contributed by atoms with Crippen LogP contribution in [-0.2, 0) is 4.79 Å². The maximum Gasteiger partial charge on any atom is 0.186 e. The molecule has 0 aliphatic carbocycles. The molecule has 3 unspecified atom stereocenters. The summed E-state index contributed by atoms with van der Waals surface area (Å²) in [6, 6.07) is -0.0713. The number of quaternary nitrogens is 1. The Morgan fingerprint density at radius 1 is 0.489 bits per heavy atom. The Hall–Kier alpha value is -0.690. The lowest BCUT2D eigenvalue weighted by Gasteiger charge is -2.48. The molecule has 2 N–H and O–H groups in total. The molecule has 0 aromatic heterocycles. The SMILES string of the molecule is CCCCCCCCCCCCCCCC(CCO)N(C(CCO)CCCCCCCCCCCCCCC)C(C(=O)[O-])[N+](C)(C)C. The Balaban J connectivity index is 4.88. The number of unbranched alkanes of at least 4 members (excludes halogenated alkanes) is 24. The number of rotatable bonds is 37. The van der Waals surface area contributed by atoms with Crippen molar-refractivity contribution < 1.29 is 24.6 Å². The fraction of sp³-hybridized carbons (Fsp3) is 0.976. The number of aliphatic hydroxyl groups excluding tert-OH is 2. The molecule has 0 spiro atoms. The van der Waals surface area contributed by atoms with Crippen LogP contribution in [0.1, 0.15) is 206 Å². The lowest BCUT2D eigenvalue weighted by atomic mass is 9.95. The molecular formula is C41H84N2O4. The molecule has 0 aromatic rings. The summed E-state index contributed by atoms with van der Waals surface area (Å²) < 4.78 is 0.239. The number of carbonyl (C=O) groups excluding carboxylic acids is 1. The lowest BCUT2D eigenvalue weighted by Crippen LogP contribution is -2.67. The molecule has 0 saturated carbocycles. The van der Waals surface area contributed by atoms with Gasteiger partial charge in [-0.2, -0.15) is 0 Å². The number of carboxylic acids is 1. The van der Waals surface area contributed by atoms with Crippen LogP contribution in [0, 0.1) is 0 Å². The average Bonchev–Trinajstić information content (AvgIpc) is 3.02. The summed E-state index contributed by atoms with van der Waals surface area (Å²) in [5, 5.41) is 32.8. The number of aliphatic carboxylic acids is 1. The molecule has 6 nitrogen and oxygen atoms in total. The van der Waals surface area contributed by atoms with Crippen molar-refractivity contribution in [1.82, 2.24) is 4.90 Å². The maximum absolute atomic E-state index is 12.7. The number of hydrogen-bond donors (Lipinski definition) is 2. The minimum absolute atomic E-state index is 0.0357. The van der Waals surface area contributed by atoms with Gasteiger partial charge in [0.2, 0.25) is 0 Å². The van der Waals surface area contributed by atoms with E-state index < -0.39 is 12.1 Å². The largest absolute Gasteiger partial charge is 0.543 e. The third-order valence-electron chi connectivity index (χ3n) is 10.3. The number of carbonyl (C=O) groups is 1. The van der Waals surface area contributed by atoms with Gasteiger partial charge < -0.3 is 24.6 Å². The highest BCUT2D eigenvalue weighted by molar-refractivity contribution is 5.69. The summed E-state index contributed by atoms with van der Waals surface area (Å²) in [5.74, 6) is -1.06. The van der Waals surface area contributed by atoms with Crippen molar-refractivity contribution >= 4 is 5.97 Å². The van der Waals surface area contributed by atoms with Gasteiger partial charge in [-0.05, 0) is 25.7 Å². The quantitative estimate of drug-likeness (QED) is 0.0391. The van der Waals surface area contributed by atoms with E-state index in [-0.39, 0.29) is 29.8 Å². The molecule has 0 heterocycles. The highest BCUT2D eigenvalue weighted by Gasteiger charge is 2.40. The second-order valence-corrected chi connectivity index (χ2v) is 15.7. The van der Waals surface area contributed by atoms with Gasteiger partial charge in [-0.15, -0.1) is 0 Å². The zero-order valence-electron chi connectivity index (χ0n) is 32.5. The smallest absolute Gasteiger partial charge is 0.186 e. The Morgan fingerprint density at radius 2 is 0.745 bits per heavy atom. The molecule has 0 radical (unpaired) electrons. The summed E-state index contributed by atoms with van der Waals surface area (Å²) in [5.41, 5.74) is 0. The lowest BCUT2D eigenvalue weighted by molar-refractivity contribution is -0.902. The van der Waals surface area contributed by atoms with E-state index in [2.05, 4.69) is 18.7 Å². The van der Waals surface area contributed by atoms with Crippen molar-refractivity contribution in [1.29, 1.82) is 0 Å². The van der Waals surface area contributed by atoms with E-state index in [1.54, 1.807) is 0 Å². The van der Waals surface area contributed by atoms with Crippen molar-refractivity contribution in [3.8, 4) is 0 Å². The van der Waals surface area contributed by atoms with E-state index in [0.717, 1.165) is 38.5 Å². The fourth-order valence-corrected chi connectivity index (χ4v) is 7.51. The van der Waals surface area contributed by atoms with Gasteiger partial charge in [-0.3, -0.25) is 0 Å². The van der Waals surface area contributed by atoms with E-state index >= 15 is 0 Å². The van der Waals surface area contributed by atoms with Gasteiger partial charge in [0, 0.05) is 25.3 Å². The Bertz CT molecular complexity index is 628. The van der Waals surface area contributed by atoms with Crippen molar-refractivity contribution in [2.24, 2.45) is 0 Å². The standard InChI is InChI=1S/C41H84N2O4/c1-6-8-10-12-14-16-18-20-22-24-26-28-30-32-38(34-36-44)42(40(41(46)47)43(3,4)5)39(35-37-45)33-31-29-27-25-23-21-19-17-15-13-11-9-7-2/h38-40,44-45H,6-37H2,1-5H3. The summed E-state index contributed by atoms with van der Waals surface area (Å²) >= 11 is 0. The van der Waals surface area contributed by atoms with Gasteiger partial charge in [0.1, 0.15) is 5.97 Å². The normalized spacial score (nSPS) is 14.1. The predicted octanol–water partition coefficient (Wildman–Crippen LogP) is 9.54. The highest BCUT2D eigenvalue weighted by Crippen LogP contribution is 2.28. The molecule has 0 bridgehead atoms. The second kappa shape index (κ2) is 32.5. The van der Waals surface area contributed by atoms with Crippen LogP contribution < -0.4 is 5.11 Å². The monoisotopic (exact) mass is 669 g/mol. The minimum Gasteiger partial charge on any atom is -0.543 e. The number of aliphatic hydroxyl groups is 2. The predicted molar refractivity (Wildman–Crippen MR) is 200 cm³/mol. The van der Waals surface area contributed by atoms with Gasteiger partial charge in [0.05, 0.1) is 21.1 Å². The number of likely N-dealkylation sites (N-methyl/N-ethyl adjacent to an activating group) is 1. The van der Waals surface area contributed by atoms with Crippen molar-refractivity contribution in [2.45, 2.75) is 225 Å². The topological polar surface area (TPSA) is 83.8 Å². The third kappa shape index (κ3) is 25.9. The molecule has 0 amide bonds. The first-order valence-corrected chi connectivity index (χ1v) is 20.8. The molecule has 47 heavy (non-hydrogen) atoms. The Labute approximate surface area is 294 Å². The second-order valence-electron chi connectivity index (χ2n) is 15.7. The van der Waals surface area contributed by atoms with Crippen molar-refractivity contribution in [3.05, 3.63) is 0 Å². The maximum atomic E-state index is 12.7. The molecule has 282 valence electrons. The minimum atomic E-state index is -1.06. The fourth-order valence-electron chi connectivity index (χ4n) is 7.51. The summed E-state index contributed by atoms with van der Waals surface area (Å²) in [6.07, 6.45) is 36.0. The van der Waals surface area contributed by atoms with Crippen LogP contribution in [0.4, 0.5) is 0 Å². The third-order valence-corrected chi connectivity index (χ3v) is 10.3. The van der Waals surface area contributed by atoms with E-state index in [4.69, 9.17) is 0 Å². The number of nitrogens with zero attached hydrogens (tertiary/aromatic N) is 2. The van der Waals surface area contributed by atoms with Crippen LogP contribution in [0.3, 0.4) is 0 Å². The van der Waals surface area contributed by atoms with Crippen LogP contribution in [-0.4, -0.2) is 78.2 Å². The van der Waals surface area contributed by atoms with Gasteiger partial charge in [-0.1, -0.05) is 181 Å². The summed E-state index contributed by atoms with van der Waals surface area (Å²) in [7, 11) is 5.78. The van der Waals surface area contributed by atoms with E-state index in [1.165, 1.54) is 141 Å². The number of hydrogen-bond acceptors (Lipinski definition) is 5. The van der Waals surface area contributed by atoms with Gasteiger partial charge in [0.25, 0.3) is 0 Å². The molecule has 6 heteroatoms. The zero-order valence-corrected chi connectivity index (χ0v) is 32.5. The van der Waals surface area contributed by atoms with Crippen molar-refractivity contribution in [2.75, 3.05) is 34.4 Å². The highest BCUT2D eigenvalue weighted by atomic mass is 16.4. The first-order chi connectivity index (χ1) is 22.7. The van der Waals surface area contributed by atoms with Crippen molar-refractivity contribution in [3.63, 3.8) is 0 Å². The van der Waals surface area contributed by atoms with Crippen LogP contribution in [0.5, 0.6) is 0 Å². The molecule has 0 aliphatic rings. The summed E-state index contributed by atoms with van der Waals surface area (Å²) in [4.78, 5) is 14.8. The van der Waals surface area contributed by atoms with Gasteiger partial charge in [0.15, 0.2) is 6.17 Å². The molecule has 0 fully saturated rings. The Morgan fingerprint density at radius 3 is 0.957 bits per heavy atom. The van der Waals surface area contributed by atoms with Gasteiger partial charge >= 0.3 is 0 Å². The number of carboxylic acid groups (broad SMARTS) is 1. The van der Waals surface area contributed by atoms with Crippen LogP contribution in [0.25, 0.3) is 0 Å². The molecule has 0 aliphatic heterocycles. The zero-order chi connectivity index (χ0) is 35.0. The molecule has 3 atom stereocenters. The van der Waals surface area contributed by atoms with E-state index in [1.807, 2.05) is 21.1 Å². The van der Waals surface area contributed by atoms with Crippen LogP contribution in [0.15, 0.2) is 0 Å². The first-order valence-electron chi connectivity index (χ1n) is 20.8. The Kier molecular flexibility index (Phi) is 32.0. The first kappa shape index (κ1) is 46.3. The molecular weight excluding hydrogens is 584 g/mol. The van der Waals surface area contributed by atoms with E-state index in [9.17, 15) is 20.1 Å². The van der Waals surface area contributed by atoms with Crippen LogP contribution >= 0.6 is 0 Å².